The summed E-state index contributed by atoms with van der Waals surface area (Å²) in [6.07, 6.45) is -1.52. The van der Waals surface area contributed by atoms with Crippen molar-refractivity contribution in [1.82, 2.24) is 19.9 Å². The predicted octanol–water partition coefficient (Wildman–Crippen LogP) is 3.83. The van der Waals surface area contributed by atoms with Crippen LogP contribution in [-0.4, -0.2) is 49.9 Å². The standard InChI is InChI=1S/C22H21F3N6O3/c1-12(19-27-9-15(10-28-19)14-4-3-5-16(8-14)22(23,24)25)29-20-26-7-6-18(30-20)31-17(13(2)32)11-34-21(31)33/h3-10,12-13,17,32H,11H2,1-2H3,(H,26,29,30)/t12-,13-,17?/m1/s1. The number of rotatable bonds is 6. The van der Waals surface area contributed by atoms with E-state index in [0.29, 0.717) is 17.0 Å². The third-order valence-electron chi connectivity index (χ3n) is 5.28. The summed E-state index contributed by atoms with van der Waals surface area (Å²) < 4.78 is 44.0. The van der Waals surface area contributed by atoms with Crippen molar-refractivity contribution in [3.05, 3.63) is 60.3 Å². The first-order valence-corrected chi connectivity index (χ1v) is 10.4. The topological polar surface area (TPSA) is 113 Å². The number of aliphatic hydroxyl groups excluding tert-OH is 1. The molecule has 1 aliphatic rings. The molecule has 2 aromatic heterocycles. The molecule has 4 rings (SSSR count). The van der Waals surface area contributed by atoms with E-state index in [-0.39, 0.29) is 18.4 Å². The number of halogens is 3. The number of amides is 1. The van der Waals surface area contributed by atoms with Crippen LogP contribution in [0, 0.1) is 0 Å². The second-order valence-electron chi connectivity index (χ2n) is 7.77. The molecule has 178 valence electrons. The van der Waals surface area contributed by atoms with Crippen molar-refractivity contribution >= 4 is 17.9 Å². The Hall–Kier alpha value is -3.80. The Morgan fingerprint density at radius 1 is 1.15 bits per heavy atom. The van der Waals surface area contributed by atoms with E-state index in [1.165, 1.54) is 35.6 Å². The smallest absolute Gasteiger partial charge is 0.416 e. The zero-order valence-electron chi connectivity index (χ0n) is 18.2. The lowest BCUT2D eigenvalue weighted by Gasteiger charge is -2.23. The summed E-state index contributed by atoms with van der Waals surface area (Å²) in [4.78, 5) is 30.4. The van der Waals surface area contributed by atoms with Gasteiger partial charge in [-0.25, -0.2) is 19.7 Å². The van der Waals surface area contributed by atoms with Gasteiger partial charge in [0.2, 0.25) is 5.95 Å². The fraction of sp³-hybridized carbons (Fsp3) is 0.318. The molecule has 9 nitrogen and oxygen atoms in total. The second kappa shape index (κ2) is 9.21. The lowest BCUT2D eigenvalue weighted by Crippen LogP contribution is -2.41. The Kier molecular flexibility index (Phi) is 6.33. The number of anilines is 2. The molecular formula is C22H21F3N6O3. The largest absolute Gasteiger partial charge is 0.447 e. The quantitative estimate of drug-likeness (QED) is 0.554. The maximum atomic E-state index is 13.0. The van der Waals surface area contributed by atoms with Gasteiger partial charge in [-0.15, -0.1) is 0 Å². The van der Waals surface area contributed by atoms with Crippen molar-refractivity contribution in [2.24, 2.45) is 0 Å². The van der Waals surface area contributed by atoms with E-state index in [1.807, 2.05) is 0 Å². The summed E-state index contributed by atoms with van der Waals surface area (Å²) in [6.45, 7) is 3.37. The highest BCUT2D eigenvalue weighted by Crippen LogP contribution is 2.32. The molecule has 2 N–H and O–H groups in total. The highest BCUT2D eigenvalue weighted by Gasteiger charge is 2.38. The molecule has 0 aliphatic carbocycles. The van der Waals surface area contributed by atoms with Gasteiger partial charge in [-0.2, -0.15) is 18.2 Å². The van der Waals surface area contributed by atoms with Crippen LogP contribution in [0.3, 0.4) is 0 Å². The molecule has 0 bridgehead atoms. The Morgan fingerprint density at radius 2 is 1.88 bits per heavy atom. The zero-order chi connectivity index (χ0) is 24.5. The monoisotopic (exact) mass is 474 g/mol. The molecule has 1 saturated heterocycles. The molecule has 3 heterocycles. The van der Waals surface area contributed by atoms with Gasteiger partial charge in [0.25, 0.3) is 0 Å². The van der Waals surface area contributed by atoms with E-state index in [9.17, 15) is 23.1 Å². The third-order valence-corrected chi connectivity index (χ3v) is 5.28. The summed E-state index contributed by atoms with van der Waals surface area (Å²) in [5.41, 5.74) is 0.0426. The van der Waals surface area contributed by atoms with E-state index >= 15 is 0 Å². The molecule has 3 aromatic rings. The molecule has 0 saturated carbocycles. The van der Waals surface area contributed by atoms with Gasteiger partial charge in [-0.05, 0) is 37.6 Å². The van der Waals surface area contributed by atoms with E-state index < -0.39 is 36.0 Å². The molecule has 1 aromatic carbocycles. The average molecular weight is 474 g/mol. The molecule has 1 unspecified atom stereocenters. The molecule has 34 heavy (non-hydrogen) atoms. The maximum Gasteiger partial charge on any atom is 0.416 e. The lowest BCUT2D eigenvalue weighted by molar-refractivity contribution is -0.137. The Morgan fingerprint density at radius 3 is 2.56 bits per heavy atom. The van der Waals surface area contributed by atoms with Crippen LogP contribution in [0.2, 0.25) is 0 Å². The van der Waals surface area contributed by atoms with Gasteiger partial charge in [0.05, 0.1) is 17.7 Å². The van der Waals surface area contributed by atoms with Gasteiger partial charge in [0.1, 0.15) is 24.3 Å². The van der Waals surface area contributed by atoms with Crippen LogP contribution in [0.5, 0.6) is 0 Å². The molecule has 0 radical (unpaired) electrons. The fourth-order valence-electron chi connectivity index (χ4n) is 3.45. The highest BCUT2D eigenvalue weighted by atomic mass is 19.4. The number of ether oxygens (including phenoxy) is 1. The number of aliphatic hydroxyl groups is 1. The van der Waals surface area contributed by atoms with Gasteiger partial charge >= 0.3 is 12.3 Å². The Balaban J connectivity index is 1.49. The minimum absolute atomic E-state index is 0.0474. The second-order valence-corrected chi connectivity index (χ2v) is 7.77. The average Bonchev–Trinajstić information content (AvgIpc) is 3.20. The fourth-order valence-corrected chi connectivity index (χ4v) is 3.45. The third kappa shape index (κ3) is 4.91. The zero-order valence-corrected chi connectivity index (χ0v) is 18.2. The summed E-state index contributed by atoms with van der Waals surface area (Å²) in [5.74, 6) is 0.825. The minimum atomic E-state index is -4.44. The first-order chi connectivity index (χ1) is 16.1. The van der Waals surface area contributed by atoms with E-state index in [4.69, 9.17) is 4.74 Å². The molecule has 12 heteroatoms. The molecule has 3 atom stereocenters. The molecule has 0 spiro atoms. The number of nitrogens with one attached hydrogen (secondary N) is 1. The van der Waals surface area contributed by atoms with Crippen molar-refractivity contribution in [1.29, 1.82) is 0 Å². The number of hydrogen-bond acceptors (Lipinski definition) is 8. The minimum Gasteiger partial charge on any atom is -0.447 e. The van der Waals surface area contributed by atoms with Gasteiger partial charge < -0.3 is 15.2 Å². The van der Waals surface area contributed by atoms with Crippen LogP contribution < -0.4 is 10.2 Å². The van der Waals surface area contributed by atoms with E-state index in [0.717, 1.165) is 12.1 Å². The van der Waals surface area contributed by atoms with Gasteiger partial charge in [0.15, 0.2) is 0 Å². The summed E-state index contributed by atoms with van der Waals surface area (Å²) in [5, 5.41) is 13.0. The molecular weight excluding hydrogens is 453 g/mol. The van der Waals surface area contributed by atoms with Crippen molar-refractivity contribution in [3.63, 3.8) is 0 Å². The number of benzene rings is 1. The van der Waals surface area contributed by atoms with Gasteiger partial charge in [-0.1, -0.05) is 12.1 Å². The number of alkyl halides is 3. The summed E-state index contributed by atoms with van der Waals surface area (Å²) in [6, 6.07) is 5.44. The number of nitrogens with zero attached hydrogens (tertiary/aromatic N) is 5. The van der Waals surface area contributed by atoms with Crippen LogP contribution in [0.25, 0.3) is 11.1 Å². The number of cyclic esters (lactones) is 1. The van der Waals surface area contributed by atoms with Crippen LogP contribution in [0.1, 0.15) is 31.3 Å². The predicted molar refractivity (Wildman–Crippen MR) is 116 cm³/mol. The maximum absolute atomic E-state index is 13.0. The highest BCUT2D eigenvalue weighted by molar-refractivity contribution is 5.89. The van der Waals surface area contributed by atoms with Gasteiger partial charge in [-0.3, -0.25) is 4.90 Å². The SMILES string of the molecule is C[C@@H](Nc1nccc(N2C(=O)OCC2[C@@H](C)O)n1)c1ncc(-c2cccc(C(F)(F)F)c2)cn1. The van der Waals surface area contributed by atoms with Crippen LogP contribution in [0.4, 0.5) is 29.7 Å². The van der Waals surface area contributed by atoms with E-state index in [2.05, 4.69) is 25.3 Å². The molecule has 1 fully saturated rings. The normalized spacial score (nSPS) is 17.9. The van der Waals surface area contributed by atoms with Crippen LogP contribution in [0.15, 0.2) is 48.9 Å². The van der Waals surface area contributed by atoms with Crippen LogP contribution in [-0.2, 0) is 10.9 Å². The van der Waals surface area contributed by atoms with Gasteiger partial charge in [0, 0.05) is 24.2 Å². The number of carbonyl (C=O) groups excluding carboxylic acids is 1. The van der Waals surface area contributed by atoms with Crippen LogP contribution >= 0.6 is 0 Å². The summed E-state index contributed by atoms with van der Waals surface area (Å²) >= 11 is 0. The molecule has 1 amide bonds. The first-order valence-electron chi connectivity index (χ1n) is 10.4. The first kappa shape index (κ1) is 23.4. The Labute approximate surface area is 192 Å². The van der Waals surface area contributed by atoms with Crippen molar-refractivity contribution in [2.45, 2.75) is 38.2 Å². The number of hydrogen-bond donors (Lipinski definition) is 2. The Bertz CT molecular complexity index is 1170. The lowest BCUT2D eigenvalue weighted by atomic mass is 10.1. The van der Waals surface area contributed by atoms with Crippen molar-refractivity contribution in [2.75, 3.05) is 16.8 Å². The van der Waals surface area contributed by atoms with E-state index in [1.54, 1.807) is 19.9 Å². The summed E-state index contributed by atoms with van der Waals surface area (Å²) in [7, 11) is 0. The molecule has 1 aliphatic heterocycles. The number of carbonyl (C=O) groups is 1. The van der Waals surface area contributed by atoms with Crippen molar-refractivity contribution < 1.29 is 27.8 Å². The van der Waals surface area contributed by atoms with Crippen molar-refractivity contribution in [3.8, 4) is 11.1 Å². The number of aromatic nitrogens is 4.